The van der Waals surface area contributed by atoms with Gasteiger partial charge in [0.1, 0.15) is 5.54 Å². The smallest absolute Gasteiger partial charge is 0.315 e. The Kier molecular flexibility index (Phi) is 3.14. The number of carbonyl (C=O) groups is 1. The molecule has 0 spiro atoms. The van der Waals surface area contributed by atoms with Crippen LogP contribution in [0.3, 0.4) is 0 Å². The van der Waals surface area contributed by atoms with Crippen LogP contribution in [0.1, 0.15) is 25.7 Å². The second-order valence-electron chi connectivity index (χ2n) is 3.62. The highest BCUT2D eigenvalue weighted by molar-refractivity contribution is 5.79. The Morgan fingerprint density at radius 3 is 3.00 bits per heavy atom. The Bertz CT molecular complexity index is 292. The molecule has 1 saturated carbocycles. The number of nitrogens with zero attached hydrogens (tertiary/aromatic N) is 3. The van der Waals surface area contributed by atoms with Crippen molar-refractivity contribution in [2.75, 3.05) is 0 Å². The number of azide groups is 1. The molecular formula is C9H13N3O2. The number of hydrogen-bond donors (Lipinski definition) is 1. The van der Waals surface area contributed by atoms with Gasteiger partial charge in [-0.2, -0.15) is 0 Å². The van der Waals surface area contributed by atoms with Crippen molar-refractivity contribution < 1.29 is 9.90 Å². The molecule has 0 saturated heterocycles. The van der Waals surface area contributed by atoms with Crippen LogP contribution in [0.15, 0.2) is 17.8 Å². The van der Waals surface area contributed by atoms with E-state index in [1.165, 1.54) is 0 Å². The third-order valence-corrected chi connectivity index (χ3v) is 2.73. The molecule has 0 aliphatic heterocycles. The summed E-state index contributed by atoms with van der Waals surface area (Å²) >= 11 is 0. The fourth-order valence-electron chi connectivity index (χ4n) is 1.91. The molecule has 0 bridgehead atoms. The second kappa shape index (κ2) is 4.15. The van der Waals surface area contributed by atoms with Crippen LogP contribution in [0.5, 0.6) is 0 Å². The van der Waals surface area contributed by atoms with E-state index in [0.29, 0.717) is 12.8 Å². The van der Waals surface area contributed by atoms with E-state index >= 15 is 0 Å². The Morgan fingerprint density at radius 1 is 1.79 bits per heavy atom. The van der Waals surface area contributed by atoms with E-state index < -0.39 is 11.5 Å². The molecule has 2 atom stereocenters. The van der Waals surface area contributed by atoms with Gasteiger partial charge in [0.2, 0.25) is 0 Å². The van der Waals surface area contributed by atoms with Crippen LogP contribution in [-0.4, -0.2) is 16.6 Å². The van der Waals surface area contributed by atoms with Gasteiger partial charge in [0, 0.05) is 4.91 Å². The van der Waals surface area contributed by atoms with Crippen molar-refractivity contribution in [3.05, 3.63) is 23.1 Å². The summed E-state index contributed by atoms with van der Waals surface area (Å²) in [5.74, 6) is -0.882. The highest BCUT2D eigenvalue weighted by atomic mass is 16.4. The van der Waals surface area contributed by atoms with Gasteiger partial charge in [0.25, 0.3) is 0 Å². The average molecular weight is 195 g/mol. The molecule has 76 valence electrons. The lowest BCUT2D eigenvalue weighted by atomic mass is 9.76. The molecule has 1 aliphatic rings. The van der Waals surface area contributed by atoms with Crippen LogP contribution in [0.25, 0.3) is 10.4 Å². The SMILES string of the molecule is C=CC1CCCC(N=[N+]=[N-])(C(=O)O)C1. The van der Waals surface area contributed by atoms with Crippen molar-refractivity contribution in [3.63, 3.8) is 0 Å². The van der Waals surface area contributed by atoms with Crippen molar-refractivity contribution in [2.24, 2.45) is 11.0 Å². The summed E-state index contributed by atoms with van der Waals surface area (Å²) in [5, 5.41) is 12.5. The summed E-state index contributed by atoms with van der Waals surface area (Å²) in [6.07, 6.45) is 4.23. The largest absolute Gasteiger partial charge is 0.481 e. The Labute approximate surface area is 82.1 Å². The van der Waals surface area contributed by atoms with Crippen LogP contribution in [0.2, 0.25) is 0 Å². The zero-order valence-corrected chi connectivity index (χ0v) is 7.89. The fourth-order valence-corrected chi connectivity index (χ4v) is 1.91. The molecule has 0 amide bonds. The molecule has 5 heteroatoms. The summed E-state index contributed by atoms with van der Waals surface area (Å²) in [6, 6.07) is 0. The lowest BCUT2D eigenvalue weighted by Crippen LogP contribution is -2.40. The Morgan fingerprint density at radius 2 is 2.50 bits per heavy atom. The minimum atomic E-state index is -1.24. The number of allylic oxidation sites excluding steroid dienone is 1. The van der Waals surface area contributed by atoms with Crippen molar-refractivity contribution >= 4 is 5.97 Å². The lowest BCUT2D eigenvalue weighted by Gasteiger charge is -2.32. The molecule has 1 N–H and O–H groups in total. The number of carboxylic acids is 1. The number of hydrogen-bond acceptors (Lipinski definition) is 2. The molecule has 1 rings (SSSR count). The molecule has 0 aromatic carbocycles. The van der Waals surface area contributed by atoms with E-state index in [0.717, 1.165) is 12.8 Å². The second-order valence-corrected chi connectivity index (χ2v) is 3.62. The molecule has 0 radical (unpaired) electrons. The molecule has 5 nitrogen and oxygen atoms in total. The van der Waals surface area contributed by atoms with Gasteiger partial charge in [0.15, 0.2) is 0 Å². The molecular weight excluding hydrogens is 182 g/mol. The third-order valence-electron chi connectivity index (χ3n) is 2.73. The highest BCUT2D eigenvalue weighted by Crippen LogP contribution is 2.36. The van der Waals surface area contributed by atoms with Gasteiger partial charge in [-0.15, -0.1) is 6.58 Å². The van der Waals surface area contributed by atoms with E-state index in [-0.39, 0.29) is 5.92 Å². The average Bonchev–Trinajstić information content (AvgIpc) is 2.18. The fraction of sp³-hybridized carbons (Fsp3) is 0.667. The van der Waals surface area contributed by atoms with Crippen LogP contribution in [0.4, 0.5) is 0 Å². The normalized spacial score (nSPS) is 31.6. The summed E-state index contributed by atoms with van der Waals surface area (Å²) < 4.78 is 0. The zero-order valence-electron chi connectivity index (χ0n) is 7.89. The summed E-state index contributed by atoms with van der Waals surface area (Å²) in [4.78, 5) is 13.7. The van der Waals surface area contributed by atoms with Gasteiger partial charge >= 0.3 is 5.97 Å². The maximum Gasteiger partial charge on any atom is 0.315 e. The van der Waals surface area contributed by atoms with E-state index in [2.05, 4.69) is 16.6 Å². The van der Waals surface area contributed by atoms with Crippen LogP contribution < -0.4 is 0 Å². The van der Waals surface area contributed by atoms with Crippen LogP contribution >= 0.6 is 0 Å². The first-order valence-corrected chi connectivity index (χ1v) is 4.57. The predicted octanol–water partition coefficient (Wildman–Crippen LogP) is 2.50. The first kappa shape index (κ1) is 10.6. The van der Waals surface area contributed by atoms with Gasteiger partial charge in [-0.1, -0.05) is 17.6 Å². The van der Waals surface area contributed by atoms with Crippen LogP contribution in [0, 0.1) is 5.92 Å². The van der Waals surface area contributed by atoms with E-state index in [9.17, 15) is 4.79 Å². The number of rotatable bonds is 3. The zero-order chi connectivity index (χ0) is 10.6. The minimum absolute atomic E-state index is 0.144. The van der Waals surface area contributed by atoms with Gasteiger partial charge < -0.3 is 5.11 Å². The van der Waals surface area contributed by atoms with E-state index in [1.807, 2.05) is 0 Å². The molecule has 2 unspecified atom stereocenters. The summed E-state index contributed by atoms with van der Waals surface area (Å²) in [6.45, 7) is 3.64. The molecule has 0 heterocycles. The first-order chi connectivity index (χ1) is 6.64. The van der Waals surface area contributed by atoms with E-state index in [4.69, 9.17) is 10.6 Å². The quantitative estimate of drug-likeness (QED) is 0.324. The third kappa shape index (κ3) is 1.88. The highest BCUT2D eigenvalue weighted by Gasteiger charge is 2.41. The molecule has 0 aromatic heterocycles. The minimum Gasteiger partial charge on any atom is -0.481 e. The van der Waals surface area contributed by atoms with Crippen LogP contribution in [-0.2, 0) is 4.79 Å². The Balaban J connectivity index is 2.92. The monoisotopic (exact) mass is 195 g/mol. The first-order valence-electron chi connectivity index (χ1n) is 4.57. The predicted molar refractivity (Wildman–Crippen MR) is 51.7 cm³/mol. The van der Waals surface area contributed by atoms with E-state index in [1.54, 1.807) is 6.08 Å². The maximum absolute atomic E-state index is 11.0. The maximum atomic E-state index is 11.0. The number of carboxylic acid groups (broad SMARTS) is 1. The topological polar surface area (TPSA) is 86.1 Å². The molecule has 0 aromatic rings. The van der Waals surface area contributed by atoms with Crippen molar-refractivity contribution in [1.82, 2.24) is 0 Å². The van der Waals surface area contributed by atoms with Crippen molar-refractivity contribution in [1.29, 1.82) is 0 Å². The number of aliphatic carboxylic acids is 1. The standard InChI is InChI=1S/C9H13N3O2/c1-2-7-4-3-5-9(6-7,8(13)14)11-12-10/h2,7H,1,3-6H2,(H,13,14). The van der Waals surface area contributed by atoms with Gasteiger partial charge in [0.05, 0.1) is 0 Å². The summed E-state index contributed by atoms with van der Waals surface area (Å²) in [5.41, 5.74) is 7.12. The van der Waals surface area contributed by atoms with Gasteiger partial charge in [-0.05, 0) is 30.7 Å². The molecule has 14 heavy (non-hydrogen) atoms. The van der Waals surface area contributed by atoms with Crippen molar-refractivity contribution in [3.8, 4) is 0 Å². The Hall–Kier alpha value is -1.48. The van der Waals surface area contributed by atoms with Gasteiger partial charge in [-0.3, -0.25) is 4.79 Å². The van der Waals surface area contributed by atoms with Gasteiger partial charge in [-0.25, -0.2) is 0 Å². The lowest BCUT2D eigenvalue weighted by molar-refractivity contribution is -0.144. The molecule has 1 aliphatic carbocycles. The molecule has 1 fully saturated rings. The summed E-state index contributed by atoms with van der Waals surface area (Å²) in [7, 11) is 0. The van der Waals surface area contributed by atoms with Crippen molar-refractivity contribution in [2.45, 2.75) is 31.2 Å².